The van der Waals surface area contributed by atoms with Crippen LogP contribution in [0.5, 0.6) is 5.75 Å². The van der Waals surface area contributed by atoms with Crippen LogP contribution in [0.15, 0.2) is 36.4 Å². The highest BCUT2D eigenvalue weighted by molar-refractivity contribution is 5.86. The second-order valence-corrected chi connectivity index (χ2v) is 3.55. The zero-order valence-electron chi connectivity index (χ0n) is 9.43. The van der Waals surface area contributed by atoms with Crippen LogP contribution in [0.3, 0.4) is 0 Å². The van der Waals surface area contributed by atoms with E-state index in [1.165, 1.54) is 0 Å². The molecule has 0 aliphatic heterocycles. The van der Waals surface area contributed by atoms with Gasteiger partial charge in [0.1, 0.15) is 11.4 Å². The summed E-state index contributed by atoms with van der Waals surface area (Å²) in [6.45, 7) is 2.56. The first-order valence-electron chi connectivity index (χ1n) is 5.36. The van der Waals surface area contributed by atoms with E-state index in [1.54, 1.807) is 12.1 Å². The molecule has 0 aliphatic carbocycles. The monoisotopic (exact) mass is 231 g/mol. The van der Waals surface area contributed by atoms with Crippen molar-refractivity contribution in [1.29, 1.82) is 0 Å². The topological polar surface area (TPSA) is 62.3 Å². The number of carboxylic acid groups (broad SMARTS) is 1. The minimum absolute atomic E-state index is 0.189. The summed E-state index contributed by atoms with van der Waals surface area (Å²) in [5, 5.41) is 8.81. The van der Waals surface area contributed by atoms with Crippen molar-refractivity contribution in [2.24, 2.45) is 0 Å². The molecule has 2 aromatic rings. The average Bonchev–Trinajstić information content (AvgIpc) is 2.80. The normalized spacial score (nSPS) is 10.2. The van der Waals surface area contributed by atoms with E-state index in [9.17, 15) is 4.79 Å². The maximum absolute atomic E-state index is 10.7. The van der Waals surface area contributed by atoms with Crippen LogP contribution in [0.4, 0.5) is 0 Å². The van der Waals surface area contributed by atoms with Crippen LogP contribution >= 0.6 is 0 Å². The predicted molar refractivity (Wildman–Crippen MR) is 64.4 cm³/mol. The summed E-state index contributed by atoms with van der Waals surface area (Å²) in [4.78, 5) is 13.6. The molecule has 0 saturated carbocycles. The maximum atomic E-state index is 10.7. The summed E-state index contributed by atoms with van der Waals surface area (Å²) in [6, 6.07) is 10.8. The van der Waals surface area contributed by atoms with Crippen molar-refractivity contribution < 1.29 is 14.6 Å². The number of aromatic nitrogens is 1. The van der Waals surface area contributed by atoms with Gasteiger partial charge in [-0.3, -0.25) is 0 Å². The van der Waals surface area contributed by atoms with Crippen LogP contribution < -0.4 is 4.74 Å². The summed E-state index contributed by atoms with van der Waals surface area (Å²) >= 11 is 0. The zero-order chi connectivity index (χ0) is 12.3. The third-order valence-electron chi connectivity index (χ3n) is 2.39. The molecule has 0 fully saturated rings. The van der Waals surface area contributed by atoms with Gasteiger partial charge >= 0.3 is 5.97 Å². The van der Waals surface area contributed by atoms with Crippen LogP contribution in [0.25, 0.3) is 11.3 Å². The number of nitrogens with one attached hydrogen (secondary N) is 1. The number of hydrogen-bond donors (Lipinski definition) is 2. The van der Waals surface area contributed by atoms with Crippen LogP contribution in [0, 0.1) is 0 Å². The van der Waals surface area contributed by atoms with E-state index < -0.39 is 5.97 Å². The van der Waals surface area contributed by atoms with Crippen LogP contribution in [0.2, 0.25) is 0 Å². The van der Waals surface area contributed by atoms with Crippen molar-refractivity contribution in [2.45, 2.75) is 6.92 Å². The van der Waals surface area contributed by atoms with Gasteiger partial charge in [0, 0.05) is 5.69 Å². The molecule has 0 spiro atoms. The van der Waals surface area contributed by atoms with Gasteiger partial charge in [0.15, 0.2) is 0 Å². The first-order valence-corrected chi connectivity index (χ1v) is 5.36. The minimum Gasteiger partial charge on any atom is -0.494 e. The molecule has 1 aromatic heterocycles. The van der Waals surface area contributed by atoms with Gasteiger partial charge in [0.2, 0.25) is 0 Å². The van der Waals surface area contributed by atoms with Gasteiger partial charge in [-0.2, -0.15) is 0 Å². The summed E-state index contributed by atoms with van der Waals surface area (Å²) in [7, 11) is 0. The molecule has 1 heterocycles. The maximum Gasteiger partial charge on any atom is 0.352 e. The molecule has 2 N–H and O–H groups in total. The van der Waals surface area contributed by atoms with E-state index in [0.29, 0.717) is 6.61 Å². The second-order valence-electron chi connectivity index (χ2n) is 3.55. The fourth-order valence-corrected chi connectivity index (χ4v) is 1.59. The molecular weight excluding hydrogens is 218 g/mol. The number of carboxylic acids is 1. The van der Waals surface area contributed by atoms with E-state index in [2.05, 4.69) is 4.98 Å². The number of rotatable bonds is 4. The zero-order valence-corrected chi connectivity index (χ0v) is 9.43. The van der Waals surface area contributed by atoms with Crippen molar-refractivity contribution in [1.82, 2.24) is 4.98 Å². The lowest BCUT2D eigenvalue weighted by Crippen LogP contribution is -1.95. The molecule has 88 valence electrons. The number of hydrogen-bond acceptors (Lipinski definition) is 2. The first-order chi connectivity index (χ1) is 8.20. The number of aromatic amines is 1. The number of ether oxygens (including phenoxy) is 1. The first kappa shape index (κ1) is 11.3. The number of carbonyl (C=O) groups is 1. The largest absolute Gasteiger partial charge is 0.494 e. The Hall–Kier alpha value is -2.23. The molecule has 0 saturated heterocycles. The van der Waals surface area contributed by atoms with Gasteiger partial charge in [-0.05, 0) is 48.9 Å². The van der Waals surface area contributed by atoms with E-state index in [-0.39, 0.29) is 5.69 Å². The van der Waals surface area contributed by atoms with Crippen molar-refractivity contribution in [3.8, 4) is 17.0 Å². The summed E-state index contributed by atoms with van der Waals surface area (Å²) in [5.74, 6) is -0.150. The lowest BCUT2D eigenvalue weighted by molar-refractivity contribution is 0.0691. The van der Waals surface area contributed by atoms with Gasteiger partial charge in [-0.25, -0.2) is 4.79 Å². The molecule has 17 heavy (non-hydrogen) atoms. The van der Waals surface area contributed by atoms with E-state index in [0.717, 1.165) is 17.0 Å². The van der Waals surface area contributed by atoms with Crippen molar-refractivity contribution in [3.63, 3.8) is 0 Å². The third kappa shape index (κ3) is 2.47. The van der Waals surface area contributed by atoms with Gasteiger partial charge in [-0.1, -0.05) is 0 Å². The fourth-order valence-electron chi connectivity index (χ4n) is 1.59. The van der Waals surface area contributed by atoms with Gasteiger partial charge in [-0.15, -0.1) is 0 Å². The average molecular weight is 231 g/mol. The highest BCUT2D eigenvalue weighted by Crippen LogP contribution is 2.21. The number of aromatic carboxylic acids is 1. The standard InChI is InChI=1S/C13H13NO3/c1-2-17-10-5-3-9(4-6-10)11-7-8-12(14-11)13(15)16/h3-8,14H,2H2,1H3,(H,15,16). The minimum atomic E-state index is -0.956. The highest BCUT2D eigenvalue weighted by Gasteiger charge is 2.06. The van der Waals surface area contributed by atoms with Crippen LogP contribution in [-0.4, -0.2) is 22.7 Å². The molecule has 0 aliphatic rings. The van der Waals surface area contributed by atoms with Crippen molar-refractivity contribution in [2.75, 3.05) is 6.61 Å². The summed E-state index contributed by atoms with van der Waals surface area (Å²) in [5.41, 5.74) is 1.90. The van der Waals surface area contributed by atoms with E-state index >= 15 is 0 Å². The quantitative estimate of drug-likeness (QED) is 0.850. The van der Waals surface area contributed by atoms with Gasteiger partial charge in [0.25, 0.3) is 0 Å². The Balaban J connectivity index is 2.23. The molecular formula is C13H13NO3. The molecule has 4 nitrogen and oxygen atoms in total. The van der Waals surface area contributed by atoms with Crippen molar-refractivity contribution in [3.05, 3.63) is 42.1 Å². The Morgan fingerprint density at radius 1 is 1.24 bits per heavy atom. The smallest absolute Gasteiger partial charge is 0.352 e. The van der Waals surface area contributed by atoms with Crippen molar-refractivity contribution >= 4 is 5.97 Å². The number of benzene rings is 1. The highest BCUT2D eigenvalue weighted by atomic mass is 16.5. The Labute approximate surface area is 98.9 Å². The fraction of sp³-hybridized carbons (Fsp3) is 0.154. The predicted octanol–water partition coefficient (Wildman–Crippen LogP) is 2.78. The second kappa shape index (κ2) is 4.74. The Bertz CT molecular complexity index is 514. The van der Waals surface area contributed by atoms with Gasteiger partial charge < -0.3 is 14.8 Å². The summed E-state index contributed by atoms with van der Waals surface area (Å²) in [6.07, 6.45) is 0. The third-order valence-corrected chi connectivity index (χ3v) is 2.39. The van der Waals surface area contributed by atoms with E-state index in [1.807, 2.05) is 31.2 Å². The van der Waals surface area contributed by atoms with E-state index in [4.69, 9.17) is 9.84 Å². The lowest BCUT2D eigenvalue weighted by atomic mass is 10.1. The molecule has 1 aromatic carbocycles. The summed E-state index contributed by atoms with van der Waals surface area (Å²) < 4.78 is 5.34. The molecule has 0 bridgehead atoms. The lowest BCUT2D eigenvalue weighted by Gasteiger charge is -2.03. The molecule has 0 amide bonds. The Kier molecular flexibility index (Phi) is 3.14. The molecule has 4 heteroatoms. The van der Waals surface area contributed by atoms with Crippen LogP contribution in [0.1, 0.15) is 17.4 Å². The molecule has 0 unspecified atom stereocenters. The Morgan fingerprint density at radius 3 is 2.47 bits per heavy atom. The van der Waals surface area contributed by atoms with Crippen LogP contribution in [-0.2, 0) is 0 Å². The molecule has 0 radical (unpaired) electrons. The SMILES string of the molecule is CCOc1ccc(-c2ccc(C(=O)O)[nH]2)cc1. The molecule has 2 rings (SSSR count). The van der Waals surface area contributed by atoms with Gasteiger partial charge in [0.05, 0.1) is 6.61 Å². The Morgan fingerprint density at radius 2 is 1.94 bits per heavy atom. The number of H-pyrrole nitrogens is 1. The molecule has 0 atom stereocenters.